The minimum atomic E-state index is 1.04. The molecule has 0 saturated carbocycles. The van der Waals surface area contributed by atoms with Crippen LogP contribution in [0, 0.1) is 12.1 Å². The van der Waals surface area contributed by atoms with Crippen LogP contribution in [0.3, 0.4) is 0 Å². The van der Waals surface area contributed by atoms with Crippen LogP contribution in [0.1, 0.15) is 17.5 Å². The summed E-state index contributed by atoms with van der Waals surface area (Å²) in [5.74, 6) is 0. The molecule has 1 heteroatoms. The van der Waals surface area contributed by atoms with E-state index in [2.05, 4.69) is 140 Å². The van der Waals surface area contributed by atoms with Gasteiger partial charge in [-0.05, 0) is 75.5 Å². The van der Waals surface area contributed by atoms with Crippen LogP contribution in [-0.2, 0) is 6.42 Å². The van der Waals surface area contributed by atoms with Gasteiger partial charge in [0.1, 0.15) is 0 Å². The van der Waals surface area contributed by atoms with Crippen molar-refractivity contribution in [2.75, 3.05) is 0 Å². The fourth-order valence-corrected chi connectivity index (χ4v) is 7.02. The van der Waals surface area contributed by atoms with Crippen LogP contribution in [0.5, 0.6) is 0 Å². The summed E-state index contributed by atoms with van der Waals surface area (Å²) in [6.07, 6.45) is 6.78. The Labute approximate surface area is 234 Å². The third kappa shape index (κ3) is 4.40. The van der Waals surface area contributed by atoms with Crippen LogP contribution >= 0.6 is 11.3 Å². The van der Waals surface area contributed by atoms with Crippen molar-refractivity contribution in [3.8, 4) is 54.3 Å². The standard InChI is InChI=1S/C38H26S/c1-4-14-27(15-5-1)30-20-12-21-31(26-30)37-34-22-10-11-23-35(34)38(39-37)36-32(28-16-6-2-7-17-28)24-13-25-33(36)29-18-8-3-9-19-29/h1-8,10,12-18,20-22,24-26H,11,23H2. The van der Waals surface area contributed by atoms with E-state index in [1.165, 1.54) is 59.8 Å². The largest absolute Gasteiger partial charge is 0.134 e. The Balaban J connectivity index is 1.48. The lowest BCUT2D eigenvalue weighted by Crippen LogP contribution is -1.95. The lowest BCUT2D eigenvalue weighted by molar-refractivity contribution is 0.996. The Morgan fingerprint density at radius 3 is 2.10 bits per heavy atom. The fraction of sp³-hybridized carbons (Fsp3) is 0.0526. The highest BCUT2D eigenvalue weighted by atomic mass is 32.1. The SMILES string of the molecule is c1cccc(-c2cccc(-c3ccccc3)c2-c2sc(-c3cccc(-c4ccccc4)c3)c3c2CCC=C3)c#1. The molecule has 0 radical (unpaired) electrons. The third-order valence-corrected chi connectivity index (χ3v) is 8.76. The molecule has 39 heavy (non-hydrogen) atoms. The number of rotatable bonds is 5. The summed E-state index contributed by atoms with van der Waals surface area (Å²) >= 11 is 1.93. The van der Waals surface area contributed by atoms with E-state index in [4.69, 9.17) is 0 Å². The van der Waals surface area contributed by atoms with Gasteiger partial charge in [-0.25, -0.2) is 0 Å². The summed E-state index contributed by atoms with van der Waals surface area (Å²) in [4.78, 5) is 2.70. The third-order valence-electron chi connectivity index (χ3n) is 7.44. The normalized spacial score (nSPS) is 12.1. The molecule has 184 valence electrons. The van der Waals surface area contributed by atoms with Crippen LogP contribution in [0.4, 0.5) is 0 Å². The van der Waals surface area contributed by atoms with E-state index < -0.39 is 0 Å². The summed E-state index contributed by atoms with van der Waals surface area (Å²) in [7, 11) is 0. The van der Waals surface area contributed by atoms with Crippen LogP contribution < -0.4 is 0 Å². The lowest BCUT2D eigenvalue weighted by atomic mass is 9.87. The molecule has 0 saturated heterocycles. The Bertz CT molecular complexity index is 1720. The molecule has 0 amide bonds. The van der Waals surface area contributed by atoms with Gasteiger partial charge >= 0.3 is 0 Å². The highest BCUT2D eigenvalue weighted by Crippen LogP contribution is 2.50. The average molecular weight is 515 g/mol. The molecule has 0 spiro atoms. The number of benzene rings is 4. The summed E-state index contributed by atoms with van der Waals surface area (Å²) in [6, 6.07) is 49.8. The number of hydrogen-bond donors (Lipinski definition) is 0. The van der Waals surface area contributed by atoms with E-state index in [0.717, 1.165) is 18.4 Å². The zero-order valence-corrected chi connectivity index (χ0v) is 22.3. The van der Waals surface area contributed by atoms with E-state index in [1.807, 2.05) is 17.4 Å². The van der Waals surface area contributed by atoms with E-state index in [0.29, 0.717) is 0 Å². The molecule has 0 aliphatic heterocycles. The summed E-state index contributed by atoms with van der Waals surface area (Å²) < 4.78 is 0. The first-order valence-corrected chi connectivity index (χ1v) is 14.2. The maximum absolute atomic E-state index is 3.38. The second-order valence-electron chi connectivity index (χ2n) is 9.84. The molecule has 6 aromatic rings. The van der Waals surface area contributed by atoms with Gasteiger partial charge in [-0.15, -0.1) is 11.3 Å². The van der Waals surface area contributed by atoms with Crippen molar-refractivity contribution >= 4 is 17.4 Å². The van der Waals surface area contributed by atoms with Crippen molar-refractivity contribution in [3.05, 3.63) is 151 Å². The molecule has 0 N–H and O–H groups in total. The highest BCUT2D eigenvalue weighted by Gasteiger charge is 2.25. The van der Waals surface area contributed by atoms with Crippen LogP contribution in [-0.4, -0.2) is 0 Å². The summed E-state index contributed by atoms with van der Waals surface area (Å²) in [6.45, 7) is 0. The molecule has 0 atom stereocenters. The van der Waals surface area contributed by atoms with Crippen molar-refractivity contribution in [1.29, 1.82) is 0 Å². The van der Waals surface area contributed by atoms with Crippen molar-refractivity contribution < 1.29 is 0 Å². The summed E-state index contributed by atoms with van der Waals surface area (Å²) in [5.41, 5.74) is 12.6. The van der Waals surface area contributed by atoms with Crippen LogP contribution in [0.15, 0.2) is 127 Å². The molecule has 1 aliphatic rings. The monoisotopic (exact) mass is 514 g/mol. The van der Waals surface area contributed by atoms with Gasteiger partial charge in [-0.1, -0.05) is 127 Å². The Morgan fingerprint density at radius 2 is 1.31 bits per heavy atom. The minimum absolute atomic E-state index is 1.04. The van der Waals surface area contributed by atoms with Gasteiger partial charge in [0.15, 0.2) is 0 Å². The van der Waals surface area contributed by atoms with Crippen molar-refractivity contribution in [3.63, 3.8) is 0 Å². The number of thiophene rings is 1. The lowest BCUT2D eigenvalue weighted by Gasteiger charge is -2.17. The maximum Gasteiger partial charge on any atom is 0.0424 e. The van der Waals surface area contributed by atoms with Crippen molar-refractivity contribution in [1.82, 2.24) is 0 Å². The summed E-state index contributed by atoms with van der Waals surface area (Å²) in [5, 5.41) is 0. The Hall–Kier alpha value is -4.64. The number of allylic oxidation sites excluding steroid dienone is 1. The second kappa shape index (κ2) is 10.3. The molecular weight excluding hydrogens is 488 g/mol. The molecule has 0 unspecified atom stereocenters. The van der Waals surface area contributed by atoms with Gasteiger partial charge in [0.05, 0.1) is 0 Å². The van der Waals surface area contributed by atoms with Gasteiger partial charge in [0.2, 0.25) is 0 Å². The molecule has 1 aliphatic carbocycles. The van der Waals surface area contributed by atoms with E-state index in [1.54, 1.807) is 0 Å². The van der Waals surface area contributed by atoms with Crippen LogP contribution in [0.25, 0.3) is 60.3 Å². The van der Waals surface area contributed by atoms with E-state index in [9.17, 15) is 0 Å². The first-order valence-electron chi connectivity index (χ1n) is 13.4. The molecule has 5 aromatic carbocycles. The molecule has 1 aromatic heterocycles. The Morgan fingerprint density at radius 1 is 0.590 bits per heavy atom. The van der Waals surface area contributed by atoms with Gasteiger partial charge in [-0.3, -0.25) is 0 Å². The number of fused-ring (bicyclic) bond motifs is 1. The minimum Gasteiger partial charge on any atom is -0.134 e. The molecule has 7 rings (SSSR count). The molecule has 0 fully saturated rings. The average Bonchev–Trinajstić information content (AvgIpc) is 3.41. The van der Waals surface area contributed by atoms with Gasteiger partial charge in [0, 0.05) is 20.9 Å². The quantitative estimate of drug-likeness (QED) is 0.215. The van der Waals surface area contributed by atoms with Gasteiger partial charge in [0.25, 0.3) is 0 Å². The van der Waals surface area contributed by atoms with Crippen LogP contribution in [0.2, 0.25) is 0 Å². The fourth-order valence-electron chi connectivity index (χ4n) is 5.61. The zero-order valence-electron chi connectivity index (χ0n) is 21.5. The van der Waals surface area contributed by atoms with Gasteiger partial charge < -0.3 is 0 Å². The Kier molecular flexibility index (Phi) is 6.17. The molecule has 0 nitrogen and oxygen atoms in total. The highest BCUT2D eigenvalue weighted by molar-refractivity contribution is 7.19. The van der Waals surface area contributed by atoms with E-state index >= 15 is 0 Å². The van der Waals surface area contributed by atoms with Crippen molar-refractivity contribution in [2.24, 2.45) is 0 Å². The molecule has 0 bridgehead atoms. The predicted octanol–water partition coefficient (Wildman–Crippen LogP) is 10.6. The first kappa shape index (κ1) is 23.5. The predicted molar refractivity (Wildman–Crippen MR) is 167 cm³/mol. The van der Waals surface area contributed by atoms with Gasteiger partial charge in [-0.2, -0.15) is 0 Å². The van der Waals surface area contributed by atoms with E-state index in [-0.39, 0.29) is 0 Å². The first-order chi connectivity index (χ1) is 19.4. The smallest absolute Gasteiger partial charge is 0.0424 e. The topological polar surface area (TPSA) is 0 Å². The van der Waals surface area contributed by atoms with Crippen molar-refractivity contribution in [2.45, 2.75) is 12.8 Å². The zero-order chi connectivity index (χ0) is 26.0. The molecule has 1 heterocycles. The maximum atomic E-state index is 3.38. The molecular formula is C38H26S. The number of hydrogen-bond acceptors (Lipinski definition) is 1. The second-order valence-corrected chi connectivity index (χ2v) is 10.9.